The Balaban J connectivity index is 1.69. The predicted octanol–water partition coefficient (Wildman–Crippen LogP) is 3.61. The Labute approximate surface area is 172 Å². The zero-order chi connectivity index (χ0) is 21.1. The highest BCUT2D eigenvalue weighted by molar-refractivity contribution is 6.33. The van der Waals surface area contributed by atoms with Gasteiger partial charge in [0.1, 0.15) is 16.5 Å². The highest BCUT2D eigenvalue weighted by Gasteiger charge is 2.24. The number of anilines is 1. The molecule has 1 aromatic heterocycles. The first-order valence-electron chi connectivity index (χ1n) is 9.54. The molecule has 3 rings (SSSR count). The summed E-state index contributed by atoms with van der Waals surface area (Å²) in [6.07, 6.45) is 3.32. The molecule has 0 radical (unpaired) electrons. The number of benzene rings is 1. The lowest BCUT2D eigenvalue weighted by Gasteiger charge is -2.33. The fraction of sp³-hybridized carbons (Fsp3) is 0.450. The summed E-state index contributed by atoms with van der Waals surface area (Å²) in [6.45, 7) is 5.29. The topological polar surface area (TPSA) is 67.2 Å². The summed E-state index contributed by atoms with van der Waals surface area (Å²) in [5.74, 6) is -1.18. The lowest BCUT2D eigenvalue weighted by Crippen LogP contribution is -2.42. The minimum absolute atomic E-state index is 0.0372. The van der Waals surface area contributed by atoms with Crippen LogP contribution in [0.4, 0.5) is 14.5 Å². The summed E-state index contributed by atoms with van der Waals surface area (Å²) in [5, 5.41) is 7.04. The van der Waals surface area contributed by atoms with Gasteiger partial charge in [0.2, 0.25) is 5.91 Å². The first-order chi connectivity index (χ1) is 13.8. The average Bonchev–Trinajstić information content (AvgIpc) is 2.66. The van der Waals surface area contributed by atoms with Crippen molar-refractivity contribution < 1.29 is 13.6 Å². The van der Waals surface area contributed by atoms with E-state index in [0.29, 0.717) is 37.2 Å². The summed E-state index contributed by atoms with van der Waals surface area (Å²) < 4.78 is 27.9. The quantitative estimate of drug-likeness (QED) is 0.796. The second-order valence-corrected chi connectivity index (χ2v) is 7.96. The van der Waals surface area contributed by atoms with Gasteiger partial charge in [-0.15, -0.1) is 0 Å². The number of nitrogens with zero attached hydrogens (tertiary/aromatic N) is 3. The van der Waals surface area contributed by atoms with Crippen molar-refractivity contribution in [3.8, 4) is 5.69 Å². The minimum atomic E-state index is -0.908. The SMILES string of the molecule is CC(C)CC(=O)N1CCC(Nc2cnn(-c3ccc(F)cc3F)c(=O)c2Cl)CC1. The summed E-state index contributed by atoms with van der Waals surface area (Å²) in [6, 6.07) is 2.89. The molecule has 2 aromatic rings. The summed E-state index contributed by atoms with van der Waals surface area (Å²) in [4.78, 5) is 26.6. The number of nitrogens with one attached hydrogen (secondary N) is 1. The van der Waals surface area contributed by atoms with Crippen molar-refractivity contribution in [1.29, 1.82) is 0 Å². The fourth-order valence-electron chi connectivity index (χ4n) is 3.33. The summed E-state index contributed by atoms with van der Waals surface area (Å²) in [5.41, 5.74) is -0.532. The Kier molecular flexibility index (Phi) is 6.52. The van der Waals surface area contributed by atoms with Crippen LogP contribution in [0, 0.1) is 17.6 Å². The molecule has 0 bridgehead atoms. The molecule has 1 N–H and O–H groups in total. The van der Waals surface area contributed by atoms with E-state index in [2.05, 4.69) is 10.4 Å². The summed E-state index contributed by atoms with van der Waals surface area (Å²) in [7, 11) is 0. The van der Waals surface area contributed by atoms with Crippen molar-refractivity contribution in [3.05, 3.63) is 51.4 Å². The third-order valence-electron chi connectivity index (χ3n) is 4.85. The van der Waals surface area contributed by atoms with Crippen LogP contribution in [0.25, 0.3) is 5.69 Å². The summed E-state index contributed by atoms with van der Waals surface area (Å²) >= 11 is 6.19. The number of rotatable bonds is 5. The molecule has 1 amide bonds. The van der Waals surface area contributed by atoms with Gasteiger partial charge >= 0.3 is 0 Å². The van der Waals surface area contributed by atoms with Crippen LogP contribution < -0.4 is 10.9 Å². The maximum absolute atomic E-state index is 14.0. The van der Waals surface area contributed by atoms with E-state index in [1.165, 1.54) is 6.20 Å². The van der Waals surface area contributed by atoms with Crippen LogP contribution in [-0.4, -0.2) is 39.7 Å². The Morgan fingerprint density at radius 2 is 2.00 bits per heavy atom. The minimum Gasteiger partial charge on any atom is -0.380 e. The maximum Gasteiger partial charge on any atom is 0.292 e. The maximum atomic E-state index is 14.0. The molecule has 156 valence electrons. The second-order valence-electron chi connectivity index (χ2n) is 7.58. The molecule has 1 aromatic carbocycles. The third kappa shape index (κ3) is 4.93. The molecule has 29 heavy (non-hydrogen) atoms. The Bertz CT molecular complexity index is 956. The predicted molar refractivity (Wildman–Crippen MR) is 107 cm³/mol. The normalized spacial score (nSPS) is 15.0. The Hall–Kier alpha value is -2.48. The zero-order valence-corrected chi connectivity index (χ0v) is 17.0. The molecule has 2 heterocycles. The van der Waals surface area contributed by atoms with Gasteiger partial charge in [-0.3, -0.25) is 9.59 Å². The average molecular weight is 425 g/mol. The molecular formula is C20H23ClF2N4O2. The molecule has 6 nitrogen and oxygen atoms in total. The third-order valence-corrected chi connectivity index (χ3v) is 5.21. The number of carbonyl (C=O) groups is 1. The molecular weight excluding hydrogens is 402 g/mol. The van der Waals surface area contributed by atoms with E-state index in [9.17, 15) is 18.4 Å². The molecule has 1 fully saturated rings. The van der Waals surface area contributed by atoms with Crippen LogP contribution in [0.15, 0.2) is 29.2 Å². The Morgan fingerprint density at radius 1 is 1.31 bits per heavy atom. The Morgan fingerprint density at radius 3 is 2.62 bits per heavy atom. The van der Waals surface area contributed by atoms with Gasteiger partial charge < -0.3 is 10.2 Å². The van der Waals surface area contributed by atoms with E-state index in [4.69, 9.17) is 11.6 Å². The molecule has 1 aliphatic rings. The lowest BCUT2D eigenvalue weighted by molar-refractivity contribution is -0.132. The van der Waals surface area contributed by atoms with Gasteiger partial charge in [-0.2, -0.15) is 9.78 Å². The molecule has 0 unspecified atom stereocenters. The standard InChI is InChI=1S/C20H23ClF2N4O2/c1-12(2)9-18(28)26-7-5-14(6-8-26)25-16-11-24-27(20(29)19(16)21)17-4-3-13(22)10-15(17)23/h3-4,10-12,14,25H,5-9H2,1-2H3. The van der Waals surface area contributed by atoms with E-state index >= 15 is 0 Å². The van der Waals surface area contributed by atoms with Crippen LogP contribution in [-0.2, 0) is 4.79 Å². The van der Waals surface area contributed by atoms with Crippen LogP contribution in [0.1, 0.15) is 33.1 Å². The van der Waals surface area contributed by atoms with E-state index < -0.39 is 17.2 Å². The largest absolute Gasteiger partial charge is 0.380 e. The zero-order valence-electron chi connectivity index (χ0n) is 16.3. The van der Waals surface area contributed by atoms with Gasteiger partial charge in [0.05, 0.1) is 11.9 Å². The van der Waals surface area contributed by atoms with Crippen LogP contribution in [0.3, 0.4) is 0 Å². The van der Waals surface area contributed by atoms with E-state index in [0.717, 1.165) is 29.7 Å². The van der Waals surface area contributed by atoms with E-state index in [1.54, 1.807) is 0 Å². The van der Waals surface area contributed by atoms with Crippen molar-refractivity contribution in [3.63, 3.8) is 0 Å². The van der Waals surface area contributed by atoms with Gasteiger partial charge in [0.25, 0.3) is 5.56 Å². The van der Waals surface area contributed by atoms with Gasteiger partial charge in [0, 0.05) is 31.6 Å². The van der Waals surface area contributed by atoms with Crippen molar-refractivity contribution in [1.82, 2.24) is 14.7 Å². The van der Waals surface area contributed by atoms with Gasteiger partial charge in [-0.05, 0) is 30.9 Å². The number of hydrogen-bond acceptors (Lipinski definition) is 4. The molecule has 9 heteroatoms. The monoisotopic (exact) mass is 424 g/mol. The lowest BCUT2D eigenvalue weighted by atomic mass is 10.0. The number of amides is 1. The molecule has 0 spiro atoms. The molecule has 0 saturated carbocycles. The number of halogens is 3. The van der Waals surface area contributed by atoms with Crippen LogP contribution in [0.5, 0.6) is 0 Å². The highest BCUT2D eigenvalue weighted by Crippen LogP contribution is 2.22. The van der Waals surface area contributed by atoms with Crippen molar-refractivity contribution >= 4 is 23.2 Å². The molecule has 1 aliphatic heterocycles. The number of carbonyl (C=O) groups excluding carboxylic acids is 1. The van der Waals surface area contributed by atoms with E-state index in [-0.39, 0.29) is 22.7 Å². The molecule has 1 saturated heterocycles. The van der Waals surface area contributed by atoms with Gasteiger partial charge in [-0.1, -0.05) is 25.4 Å². The number of hydrogen-bond donors (Lipinski definition) is 1. The highest BCUT2D eigenvalue weighted by atomic mass is 35.5. The van der Waals surface area contributed by atoms with Crippen LogP contribution >= 0.6 is 11.6 Å². The number of aromatic nitrogens is 2. The van der Waals surface area contributed by atoms with Crippen molar-refractivity contribution in [2.75, 3.05) is 18.4 Å². The van der Waals surface area contributed by atoms with Crippen LogP contribution in [0.2, 0.25) is 5.02 Å². The smallest absolute Gasteiger partial charge is 0.292 e. The van der Waals surface area contributed by atoms with Gasteiger partial charge in [-0.25, -0.2) is 8.78 Å². The number of piperidine rings is 1. The number of likely N-dealkylation sites (tertiary alicyclic amines) is 1. The van der Waals surface area contributed by atoms with Crippen molar-refractivity contribution in [2.24, 2.45) is 5.92 Å². The first kappa shape index (κ1) is 21.2. The van der Waals surface area contributed by atoms with Crippen molar-refractivity contribution in [2.45, 2.75) is 39.2 Å². The molecule has 0 aliphatic carbocycles. The molecule has 0 atom stereocenters. The fourth-order valence-corrected chi connectivity index (χ4v) is 3.51. The first-order valence-corrected chi connectivity index (χ1v) is 9.91. The van der Waals surface area contributed by atoms with E-state index in [1.807, 2.05) is 18.7 Å². The van der Waals surface area contributed by atoms with Gasteiger partial charge in [0.15, 0.2) is 5.82 Å². The second kappa shape index (κ2) is 8.90.